The number of urea groups is 1. The molecule has 2 aromatic carbocycles. The lowest BCUT2D eigenvalue weighted by Gasteiger charge is -2.46. The minimum Gasteiger partial charge on any atom is -0.378 e. The van der Waals surface area contributed by atoms with Gasteiger partial charge in [-0.3, -0.25) is 4.79 Å². The molecular weight excluding hydrogens is 476 g/mol. The number of carbonyl (C=O) groups is 2. The summed E-state index contributed by atoms with van der Waals surface area (Å²) in [7, 11) is 0. The Labute approximate surface area is 224 Å². The van der Waals surface area contributed by atoms with Crippen molar-refractivity contribution in [3.63, 3.8) is 0 Å². The fourth-order valence-electron chi connectivity index (χ4n) is 5.31. The van der Waals surface area contributed by atoms with Crippen LogP contribution in [0.5, 0.6) is 0 Å². The van der Waals surface area contributed by atoms with Crippen molar-refractivity contribution in [1.82, 2.24) is 9.88 Å². The van der Waals surface area contributed by atoms with Crippen molar-refractivity contribution in [3.8, 4) is 0 Å². The SMILES string of the molecule is Cc1ccc(NC(=O)N2CC(=Cc3cccc(N4CCOCC4)n3)C(=O)C(C)(C)C2c2ccccc2)cc1. The number of pyridine rings is 1. The molecule has 0 radical (unpaired) electrons. The number of nitrogens with zero attached hydrogens (tertiary/aromatic N) is 3. The fraction of sp³-hybridized carbons (Fsp3) is 0.323. The van der Waals surface area contributed by atoms with Crippen LogP contribution in [0.15, 0.2) is 78.4 Å². The largest absolute Gasteiger partial charge is 0.378 e. The average Bonchev–Trinajstić information content (AvgIpc) is 2.93. The van der Waals surface area contributed by atoms with Gasteiger partial charge in [0.25, 0.3) is 0 Å². The smallest absolute Gasteiger partial charge is 0.322 e. The number of ether oxygens (including phenoxy) is 1. The van der Waals surface area contributed by atoms with Crippen molar-refractivity contribution in [2.75, 3.05) is 43.1 Å². The summed E-state index contributed by atoms with van der Waals surface area (Å²) in [6.45, 7) is 8.94. The molecule has 3 aromatic rings. The van der Waals surface area contributed by atoms with Crippen molar-refractivity contribution >= 4 is 29.4 Å². The van der Waals surface area contributed by atoms with Gasteiger partial charge in [0.15, 0.2) is 5.78 Å². The first-order valence-corrected chi connectivity index (χ1v) is 13.1. The van der Waals surface area contributed by atoms with E-state index in [1.54, 1.807) is 4.90 Å². The zero-order valence-corrected chi connectivity index (χ0v) is 22.2. The van der Waals surface area contributed by atoms with E-state index in [2.05, 4.69) is 10.2 Å². The van der Waals surface area contributed by atoms with Gasteiger partial charge in [0.2, 0.25) is 0 Å². The maximum absolute atomic E-state index is 13.9. The topological polar surface area (TPSA) is 74.8 Å². The molecule has 7 nitrogen and oxygen atoms in total. The number of hydrogen-bond donors (Lipinski definition) is 1. The number of likely N-dealkylation sites (tertiary alicyclic amines) is 1. The van der Waals surface area contributed by atoms with Crippen LogP contribution in [-0.2, 0) is 9.53 Å². The predicted molar refractivity (Wildman–Crippen MR) is 150 cm³/mol. The van der Waals surface area contributed by atoms with Crippen LogP contribution in [0.25, 0.3) is 6.08 Å². The summed E-state index contributed by atoms with van der Waals surface area (Å²) >= 11 is 0. The highest BCUT2D eigenvalue weighted by Crippen LogP contribution is 2.45. The standard InChI is InChI=1S/C31H34N4O3/c1-22-12-14-25(15-13-22)33-30(37)35-21-24(29(36)31(2,3)28(35)23-8-5-4-6-9-23)20-26-10-7-11-27(32-26)34-16-18-38-19-17-34/h4-15,20,28H,16-19,21H2,1-3H3,(H,33,37). The van der Waals surface area contributed by atoms with Gasteiger partial charge in [-0.2, -0.15) is 0 Å². The van der Waals surface area contributed by atoms with Crippen LogP contribution in [0, 0.1) is 12.3 Å². The first-order chi connectivity index (χ1) is 18.3. The van der Waals surface area contributed by atoms with Crippen LogP contribution in [0.3, 0.4) is 0 Å². The Kier molecular flexibility index (Phi) is 7.29. The molecule has 0 bridgehead atoms. The first-order valence-electron chi connectivity index (χ1n) is 13.1. The molecule has 2 fully saturated rings. The summed E-state index contributed by atoms with van der Waals surface area (Å²) in [6, 6.07) is 22.7. The van der Waals surface area contributed by atoms with Crippen LogP contribution in [-0.4, -0.2) is 54.5 Å². The van der Waals surface area contributed by atoms with Crippen molar-refractivity contribution in [3.05, 3.63) is 95.2 Å². The molecular formula is C31H34N4O3. The molecule has 1 unspecified atom stereocenters. The summed E-state index contributed by atoms with van der Waals surface area (Å²) in [5.41, 5.74) is 3.17. The predicted octanol–water partition coefficient (Wildman–Crippen LogP) is 5.49. The summed E-state index contributed by atoms with van der Waals surface area (Å²) in [5.74, 6) is 0.880. The number of amides is 2. The van der Waals surface area contributed by atoms with Gasteiger partial charge in [-0.15, -0.1) is 0 Å². The van der Waals surface area contributed by atoms with Gasteiger partial charge in [-0.1, -0.05) is 67.9 Å². The molecule has 3 heterocycles. The van der Waals surface area contributed by atoms with Gasteiger partial charge >= 0.3 is 6.03 Å². The molecule has 0 saturated carbocycles. The van der Waals surface area contributed by atoms with Gasteiger partial charge in [0, 0.05) is 24.4 Å². The lowest BCUT2D eigenvalue weighted by atomic mass is 9.70. The lowest BCUT2D eigenvalue weighted by Crippen LogP contribution is -2.53. The van der Waals surface area contributed by atoms with E-state index < -0.39 is 11.5 Å². The lowest BCUT2D eigenvalue weighted by molar-refractivity contribution is -0.129. The number of hydrogen-bond acceptors (Lipinski definition) is 5. The van der Waals surface area contributed by atoms with Gasteiger partial charge in [-0.05, 0) is 42.8 Å². The van der Waals surface area contributed by atoms with E-state index in [0.29, 0.717) is 30.2 Å². The van der Waals surface area contributed by atoms with E-state index in [9.17, 15) is 9.59 Å². The molecule has 0 aliphatic carbocycles. The third kappa shape index (κ3) is 5.34. The Morgan fingerprint density at radius 3 is 2.42 bits per heavy atom. The van der Waals surface area contributed by atoms with Crippen LogP contribution in [0.1, 0.15) is 36.7 Å². The third-order valence-corrected chi connectivity index (χ3v) is 7.30. The van der Waals surface area contributed by atoms with Gasteiger partial charge in [0.05, 0.1) is 36.9 Å². The number of ketones is 1. The summed E-state index contributed by atoms with van der Waals surface area (Å²) < 4.78 is 5.47. The molecule has 0 spiro atoms. The monoisotopic (exact) mass is 510 g/mol. The molecule has 1 aromatic heterocycles. The molecule has 196 valence electrons. The minimum atomic E-state index is -0.849. The Morgan fingerprint density at radius 1 is 1.00 bits per heavy atom. The van der Waals surface area contributed by atoms with Crippen LogP contribution in [0.4, 0.5) is 16.3 Å². The molecule has 1 atom stereocenters. The normalized spacial score (nSPS) is 20.4. The number of aryl methyl sites for hydroxylation is 1. The molecule has 2 aliphatic rings. The number of morpholine rings is 1. The number of aromatic nitrogens is 1. The third-order valence-electron chi connectivity index (χ3n) is 7.30. The van der Waals surface area contributed by atoms with Gasteiger partial charge in [0.1, 0.15) is 5.82 Å². The van der Waals surface area contributed by atoms with Crippen molar-refractivity contribution in [2.45, 2.75) is 26.8 Å². The van der Waals surface area contributed by atoms with Crippen molar-refractivity contribution < 1.29 is 14.3 Å². The van der Waals surface area contributed by atoms with E-state index in [4.69, 9.17) is 9.72 Å². The number of carbonyl (C=O) groups excluding carboxylic acids is 2. The zero-order valence-electron chi connectivity index (χ0n) is 22.2. The Hall–Kier alpha value is -3.97. The highest BCUT2D eigenvalue weighted by Gasteiger charge is 2.48. The number of Topliss-reactive ketones (excluding diaryl/α,β-unsaturated/α-hetero) is 1. The molecule has 38 heavy (non-hydrogen) atoms. The van der Waals surface area contributed by atoms with Crippen LogP contribution < -0.4 is 10.2 Å². The second-order valence-corrected chi connectivity index (χ2v) is 10.5. The maximum Gasteiger partial charge on any atom is 0.322 e. The average molecular weight is 511 g/mol. The quantitative estimate of drug-likeness (QED) is 0.470. The number of rotatable bonds is 4. The second kappa shape index (κ2) is 10.8. The summed E-state index contributed by atoms with van der Waals surface area (Å²) in [6.07, 6.45) is 1.83. The van der Waals surface area contributed by atoms with E-state index in [1.165, 1.54) is 0 Å². The zero-order chi connectivity index (χ0) is 26.7. The summed E-state index contributed by atoms with van der Waals surface area (Å²) in [5, 5.41) is 3.04. The molecule has 2 aliphatic heterocycles. The van der Waals surface area contributed by atoms with E-state index >= 15 is 0 Å². The van der Waals surface area contributed by atoms with Crippen LogP contribution >= 0.6 is 0 Å². The molecule has 5 rings (SSSR count). The van der Waals surface area contributed by atoms with Gasteiger partial charge < -0.3 is 19.9 Å². The van der Waals surface area contributed by atoms with Crippen molar-refractivity contribution in [1.29, 1.82) is 0 Å². The number of benzene rings is 2. The van der Waals surface area contributed by atoms with E-state index in [-0.39, 0.29) is 18.4 Å². The van der Waals surface area contributed by atoms with Gasteiger partial charge in [-0.25, -0.2) is 9.78 Å². The van der Waals surface area contributed by atoms with E-state index in [0.717, 1.165) is 30.0 Å². The maximum atomic E-state index is 13.9. The fourth-order valence-corrected chi connectivity index (χ4v) is 5.31. The summed E-state index contributed by atoms with van der Waals surface area (Å²) in [4.78, 5) is 36.4. The highest BCUT2D eigenvalue weighted by molar-refractivity contribution is 6.06. The van der Waals surface area contributed by atoms with Crippen LogP contribution in [0.2, 0.25) is 0 Å². The number of nitrogens with one attached hydrogen (secondary N) is 1. The Bertz CT molecular complexity index is 1330. The molecule has 2 saturated heterocycles. The number of piperidine rings is 1. The molecule has 1 N–H and O–H groups in total. The first kappa shape index (κ1) is 25.7. The molecule has 2 amide bonds. The highest BCUT2D eigenvalue weighted by atomic mass is 16.5. The van der Waals surface area contributed by atoms with Crippen molar-refractivity contribution in [2.24, 2.45) is 5.41 Å². The Balaban J connectivity index is 1.50. The molecule has 7 heteroatoms. The van der Waals surface area contributed by atoms with E-state index in [1.807, 2.05) is 99.6 Å². The second-order valence-electron chi connectivity index (χ2n) is 10.5. The minimum absolute atomic E-state index is 0.0179. The Morgan fingerprint density at radius 2 is 1.71 bits per heavy atom. The number of anilines is 2.